The zero-order valence-corrected chi connectivity index (χ0v) is 9.72. The van der Waals surface area contributed by atoms with Crippen LogP contribution in [-0.4, -0.2) is 31.6 Å². The molecule has 7 heteroatoms. The van der Waals surface area contributed by atoms with E-state index in [0.29, 0.717) is 0 Å². The molecule has 3 rings (SSSR count). The van der Waals surface area contributed by atoms with Crippen molar-refractivity contribution in [3.05, 3.63) is 54.6 Å². The smallest absolute Gasteiger partial charge is 0.358 e. The van der Waals surface area contributed by atoms with E-state index < -0.39 is 5.97 Å². The van der Waals surface area contributed by atoms with Gasteiger partial charge in [-0.05, 0) is 0 Å². The van der Waals surface area contributed by atoms with Crippen molar-refractivity contribution in [1.29, 1.82) is 0 Å². The monoisotopic (exact) mass is 258 g/mol. The Morgan fingerprint density at radius 1 is 1.21 bits per heavy atom. The minimum Gasteiger partial charge on any atom is -0.476 e. The molecule has 96 valence electrons. The number of benzene rings is 1. The average Bonchev–Trinajstić information content (AvgIpc) is 3.14. The molecule has 2 N–H and O–H groups in total. The first kappa shape index (κ1) is 12.5. The van der Waals surface area contributed by atoms with Crippen LogP contribution in [0.1, 0.15) is 10.5 Å². The zero-order chi connectivity index (χ0) is 13.5. The molecule has 0 saturated heterocycles. The van der Waals surface area contributed by atoms with Crippen LogP contribution < -0.4 is 0 Å². The van der Waals surface area contributed by atoms with Crippen LogP contribution in [0.3, 0.4) is 0 Å². The molecule has 0 aliphatic heterocycles. The van der Waals surface area contributed by atoms with Crippen LogP contribution in [0.2, 0.25) is 0 Å². The van der Waals surface area contributed by atoms with E-state index in [1.54, 1.807) is 6.26 Å². The van der Waals surface area contributed by atoms with Crippen LogP contribution in [0.15, 0.2) is 53.4 Å². The highest BCUT2D eigenvalue weighted by molar-refractivity contribution is 5.84. The highest BCUT2D eigenvalue weighted by Crippen LogP contribution is 2.14. The van der Waals surface area contributed by atoms with Crippen LogP contribution >= 0.6 is 0 Å². The summed E-state index contributed by atoms with van der Waals surface area (Å²) in [5, 5.41) is 20.7. The predicted octanol–water partition coefficient (Wildman–Crippen LogP) is 1.84. The Morgan fingerprint density at radius 2 is 2.00 bits per heavy atom. The maximum atomic E-state index is 9.94. The molecule has 0 radical (unpaired) electrons. The van der Waals surface area contributed by atoms with Crippen molar-refractivity contribution >= 4 is 5.97 Å². The molecule has 0 aliphatic rings. The van der Waals surface area contributed by atoms with Crippen LogP contribution in [0.4, 0.5) is 0 Å². The summed E-state index contributed by atoms with van der Waals surface area (Å²) in [6, 6.07) is 11.8. The molecule has 2 aromatic heterocycles. The second-order valence-electron chi connectivity index (χ2n) is 3.41. The van der Waals surface area contributed by atoms with Gasteiger partial charge >= 0.3 is 5.97 Å². The Hall–Kier alpha value is -2.96. The second kappa shape index (κ2) is 6.10. The number of carbonyl (C=O) groups is 1. The van der Waals surface area contributed by atoms with E-state index in [9.17, 15) is 4.79 Å². The Kier molecular flexibility index (Phi) is 4.01. The fourth-order valence-electron chi connectivity index (χ4n) is 1.28. The van der Waals surface area contributed by atoms with Gasteiger partial charge < -0.3 is 9.63 Å². The Morgan fingerprint density at radius 3 is 2.47 bits per heavy atom. The number of aromatic nitrogens is 4. The fraction of sp³-hybridized carbons (Fsp3) is 0. The summed E-state index contributed by atoms with van der Waals surface area (Å²) in [7, 11) is 0. The van der Waals surface area contributed by atoms with E-state index in [0.717, 1.165) is 17.5 Å². The number of rotatable bonds is 2. The third-order valence-electron chi connectivity index (χ3n) is 2.14. The van der Waals surface area contributed by atoms with Crippen molar-refractivity contribution in [2.24, 2.45) is 0 Å². The lowest BCUT2D eigenvalue weighted by atomic mass is 10.2. The molecular formula is C12H10N4O3. The van der Waals surface area contributed by atoms with Crippen molar-refractivity contribution in [2.45, 2.75) is 0 Å². The number of hydrogen-bond donors (Lipinski definition) is 2. The molecule has 3 aromatic rings. The second-order valence-corrected chi connectivity index (χ2v) is 3.41. The number of carboxylic acids is 1. The van der Waals surface area contributed by atoms with E-state index in [2.05, 4.69) is 20.6 Å². The first-order valence-electron chi connectivity index (χ1n) is 5.32. The third kappa shape index (κ3) is 3.50. The molecule has 0 fully saturated rings. The molecule has 0 spiro atoms. The van der Waals surface area contributed by atoms with Gasteiger partial charge in [0.25, 0.3) is 0 Å². The predicted molar refractivity (Wildman–Crippen MR) is 65.3 cm³/mol. The Labute approximate surface area is 107 Å². The molecule has 1 aromatic carbocycles. The summed E-state index contributed by atoms with van der Waals surface area (Å²) >= 11 is 0. The molecule has 7 nitrogen and oxygen atoms in total. The summed E-state index contributed by atoms with van der Waals surface area (Å²) in [6.45, 7) is 0. The highest BCUT2D eigenvalue weighted by atomic mass is 16.5. The molecule has 0 aliphatic carbocycles. The molecule has 0 bridgehead atoms. The van der Waals surface area contributed by atoms with E-state index in [-0.39, 0.29) is 5.69 Å². The van der Waals surface area contributed by atoms with Gasteiger partial charge in [-0.1, -0.05) is 35.5 Å². The Bertz CT molecular complexity index is 606. The van der Waals surface area contributed by atoms with Crippen molar-refractivity contribution in [3.63, 3.8) is 0 Å². The van der Waals surface area contributed by atoms with Gasteiger partial charge in [0, 0.05) is 11.6 Å². The van der Waals surface area contributed by atoms with Crippen LogP contribution in [-0.2, 0) is 0 Å². The largest absolute Gasteiger partial charge is 0.476 e. The molecular weight excluding hydrogens is 248 g/mol. The normalized spacial score (nSPS) is 9.47. The summed E-state index contributed by atoms with van der Waals surface area (Å²) < 4.78 is 4.72. The SMILES string of the molecule is O=C(O)c1cn[nH]n1.c1ccc(-c2ccon2)cc1. The third-order valence-corrected chi connectivity index (χ3v) is 2.14. The molecule has 19 heavy (non-hydrogen) atoms. The summed E-state index contributed by atoms with van der Waals surface area (Å²) in [4.78, 5) is 9.94. The van der Waals surface area contributed by atoms with E-state index >= 15 is 0 Å². The van der Waals surface area contributed by atoms with Crippen LogP contribution in [0.5, 0.6) is 0 Å². The number of hydrogen-bond acceptors (Lipinski definition) is 5. The number of nitrogens with one attached hydrogen (secondary N) is 1. The van der Waals surface area contributed by atoms with Crippen LogP contribution in [0.25, 0.3) is 11.3 Å². The molecule has 2 heterocycles. The summed E-state index contributed by atoms with van der Waals surface area (Å²) in [6.07, 6.45) is 2.71. The number of H-pyrrole nitrogens is 1. The van der Waals surface area contributed by atoms with Crippen molar-refractivity contribution in [3.8, 4) is 11.3 Å². The number of aromatic carboxylic acids is 1. The van der Waals surface area contributed by atoms with Gasteiger partial charge in [0.2, 0.25) is 0 Å². The van der Waals surface area contributed by atoms with Gasteiger partial charge in [-0.15, -0.1) is 5.10 Å². The standard InChI is InChI=1S/C9H7NO.C3H3N3O2/c1-2-4-8(5-3-1)9-6-7-11-10-9;7-3(8)2-1-4-6-5-2/h1-7H;1H,(H,7,8)(H,4,5,6). The number of carboxylic acid groups (broad SMARTS) is 1. The topological polar surface area (TPSA) is 105 Å². The maximum Gasteiger partial charge on any atom is 0.358 e. The van der Waals surface area contributed by atoms with Gasteiger partial charge in [0.05, 0.1) is 6.20 Å². The van der Waals surface area contributed by atoms with E-state index in [4.69, 9.17) is 9.63 Å². The summed E-state index contributed by atoms with van der Waals surface area (Å²) in [5.74, 6) is -1.07. The van der Waals surface area contributed by atoms with Gasteiger partial charge in [-0.2, -0.15) is 10.3 Å². The molecule has 0 saturated carbocycles. The van der Waals surface area contributed by atoms with Crippen LogP contribution in [0, 0.1) is 0 Å². The first-order chi connectivity index (χ1) is 9.27. The zero-order valence-electron chi connectivity index (χ0n) is 9.72. The quantitative estimate of drug-likeness (QED) is 0.726. The minimum absolute atomic E-state index is 0.0648. The average molecular weight is 258 g/mol. The lowest BCUT2D eigenvalue weighted by Crippen LogP contribution is -1.95. The highest BCUT2D eigenvalue weighted by Gasteiger charge is 2.02. The lowest BCUT2D eigenvalue weighted by molar-refractivity contribution is 0.0690. The van der Waals surface area contributed by atoms with E-state index in [1.807, 2.05) is 36.4 Å². The minimum atomic E-state index is -1.07. The van der Waals surface area contributed by atoms with Gasteiger partial charge in [-0.3, -0.25) is 0 Å². The fourth-order valence-corrected chi connectivity index (χ4v) is 1.28. The Balaban J connectivity index is 0.000000148. The summed E-state index contributed by atoms with van der Waals surface area (Å²) in [5.41, 5.74) is 1.90. The van der Waals surface area contributed by atoms with Crippen molar-refractivity contribution in [2.75, 3.05) is 0 Å². The molecule has 0 amide bonds. The lowest BCUT2D eigenvalue weighted by Gasteiger charge is -1.90. The number of aromatic amines is 1. The van der Waals surface area contributed by atoms with Gasteiger partial charge in [-0.25, -0.2) is 4.79 Å². The van der Waals surface area contributed by atoms with Gasteiger partial charge in [0.15, 0.2) is 5.69 Å². The van der Waals surface area contributed by atoms with E-state index in [1.165, 1.54) is 0 Å². The maximum absolute atomic E-state index is 9.94. The molecule has 0 unspecified atom stereocenters. The molecule has 0 atom stereocenters. The first-order valence-corrected chi connectivity index (χ1v) is 5.32. The number of nitrogens with zero attached hydrogens (tertiary/aromatic N) is 3. The van der Waals surface area contributed by atoms with Crippen molar-refractivity contribution in [1.82, 2.24) is 20.6 Å². The van der Waals surface area contributed by atoms with Crippen molar-refractivity contribution < 1.29 is 14.4 Å². The van der Waals surface area contributed by atoms with Gasteiger partial charge in [0.1, 0.15) is 12.0 Å².